The number of carboxylic acid groups (broad SMARTS) is 1. The van der Waals surface area contributed by atoms with Gasteiger partial charge in [0.25, 0.3) is 0 Å². The molecule has 5 nitrogen and oxygen atoms in total. The van der Waals surface area contributed by atoms with Gasteiger partial charge < -0.3 is 5.11 Å². The zero-order chi connectivity index (χ0) is 26.3. The first kappa shape index (κ1) is 27.5. The summed E-state index contributed by atoms with van der Waals surface area (Å²) in [5, 5.41) is 9.05. The predicted molar refractivity (Wildman–Crippen MR) is 137 cm³/mol. The maximum Gasteiger partial charge on any atom is 0.330 e. The molecule has 0 aromatic carbocycles. The highest BCUT2D eigenvalue weighted by molar-refractivity contribution is 5.99. The monoisotopic (exact) mass is 484 g/mol. The molecular formula is C30H44O5. The van der Waals surface area contributed by atoms with Gasteiger partial charge in [0, 0.05) is 28.7 Å². The normalized spacial score (nSPS) is 34.0. The van der Waals surface area contributed by atoms with Crippen molar-refractivity contribution in [1.29, 1.82) is 0 Å². The van der Waals surface area contributed by atoms with E-state index >= 15 is 0 Å². The third-order valence-electron chi connectivity index (χ3n) is 10.2. The zero-order valence-corrected chi connectivity index (χ0v) is 22.7. The number of carboxylic acids is 1. The van der Waals surface area contributed by atoms with Gasteiger partial charge in [-0.1, -0.05) is 46.3 Å². The molecule has 3 rings (SSSR count). The molecule has 3 aliphatic rings. The van der Waals surface area contributed by atoms with Gasteiger partial charge in [0.2, 0.25) is 0 Å². The van der Waals surface area contributed by atoms with Crippen molar-refractivity contribution >= 4 is 23.3 Å². The minimum Gasteiger partial charge on any atom is -0.478 e. The lowest BCUT2D eigenvalue weighted by molar-refractivity contribution is -0.141. The van der Waals surface area contributed by atoms with E-state index in [1.54, 1.807) is 19.9 Å². The number of carbonyl (C=O) groups excluding carboxylic acids is 3. The number of hydrogen-bond donors (Lipinski definition) is 1. The van der Waals surface area contributed by atoms with Crippen LogP contribution in [0.4, 0.5) is 0 Å². The topological polar surface area (TPSA) is 88.5 Å². The van der Waals surface area contributed by atoms with Crippen LogP contribution in [-0.4, -0.2) is 28.4 Å². The second-order valence-corrected chi connectivity index (χ2v) is 12.6. The number of rotatable bonds is 9. The number of aliphatic carboxylic acids is 1. The average Bonchev–Trinajstić information content (AvgIpc) is 3.02. The molecule has 35 heavy (non-hydrogen) atoms. The molecule has 0 saturated heterocycles. The van der Waals surface area contributed by atoms with Crippen LogP contribution in [0.15, 0.2) is 23.3 Å². The van der Waals surface area contributed by atoms with Gasteiger partial charge in [0.15, 0.2) is 5.78 Å². The van der Waals surface area contributed by atoms with Crippen LogP contribution in [0, 0.1) is 39.9 Å². The Bertz CT molecular complexity index is 969. The fourth-order valence-corrected chi connectivity index (χ4v) is 7.67. The number of ketones is 3. The Balaban J connectivity index is 1.74. The first-order chi connectivity index (χ1) is 16.2. The summed E-state index contributed by atoms with van der Waals surface area (Å²) in [7, 11) is 0. The summed E-state index contributed by atoms with van der Waals surface area (Å²) in [6.45, 7) is 13.8. The molecule has 0 spiro atoms. The van der Waals surface area contributed by atoms with Gasteiger partial charge in [-0.05, 0) is 88.0 Å². The van der Waals surface area contributed by atoms with Crippen LogP contribution in [0.2, 0.25) is 0 Å². The lowest BCUT2D eigenvalue weighted by atomic mass is 9.47. The molecule has 0 heterocycles. The van der Waals surface area contributed by atoms with Gasteiger partial charge in [-0.3, -0.25) is 14.4 Å². The minimum atomic E-state index is -0.911. The van der Waals surface area contributed by atoms with Crippen LogP contribution in [-0.2, 0) is 19.2 Å². The van der Waals surface area contributed by atoms with Crippen LogP contribution in [0.5, 0.6) is 0 Å². The molecule has 5 heteroatoms. The van der Waals surface area contributed by atoms with Crippen LogP contribution < -0.4 is 0 Å². The van der Waals surface area contributed by atoms with E-state index in [0.717, 1.165) is 25.7 Å². The third kappa shape index (κ3) is 4.84. The Morgan fingerprint density at radius 2 is 1.77 bits per heavy atom. The van der Waals surface area contributed by atoms with Gasteiger partial charge in [-0.25, -0.2) is 4.79 Å². The molecule has 0 aromatic rings. The van der Waals surface area contributed by atoms with Crippen molar-refractivity contribution in [2.45, 2.75) is 99.8 Å². The summed E-state index contributed by atoms with van der Waals surface area (Å²) >= 11 is 0. The standard InChI is InChI=1S/C30H44O5/c1-18(9-8-10-19(2)27(34)35)21(20(3)31)13-15-30(7)22-11-12-24-28(4,5)25(32)14-16-29(24,6)23(22)17-26(30)33/h10,17-18,21-22,24H,8-9,11-16H2,1-7H3,(H,34,35)/t18-,21-,22-,24+,29-,30+/m1/s1. The van der Waals surface area contributed by atoms with Gasteiger partial charge in [0.05, 0.1) is 0 Å². The lowest BCUT2D eigenvalue weighted by Crippen LogP contribution is -2.52. The Kier molecular flexibility index (Phi) is 7.70. The predicted octanol–water partition coefficient (Wildman–Crippen LogP) is 6.36. The maximum atomic E-state index is 13.5. The van der Waals surface area contributed by atoms with E-state index in [4.69, 9.17) is 5.11 Å². The number of hydrogen-bond acceptors (Lipinski definition) is 4. The Hall–Kier alpha value is -2.04. The van der Waals surface area contributed by atoms with Crippen molar-refractivity contribution < 1.29 is 24.3 Å². The molecule has 6 atom stereocenters. The highest BCUT2D eigenvalue weighted by atomic mass is 16.4. The fourth-order valence-electron chi connectivity index (χ4n) is 7.67. The third-order valence-corrected chi connectivity index (χ3v) is 10.2. The zero-order valence-electron chi connectivity index (χ0n) is 22.7. The second kappa shape index (κ2) is 9.78. The molecule has 1 N–H and O–H groups in total. The summed E-state index contributed by atoms with van der Waals surface area (Å²) in [6.07, 6.45) is 9.64. The smallest absolute Gasteiger partial charge is 0.330 e. The molecule has 0 amide bonds. The lowest BCUT2D eigenvalue weighted by Gasteiger charge is -2.56. The number of allylic oxidation sites excluding steroid dienone is 3. The molecule has 194 valence electrons. The number of carbonyl (C=O) groups is 4. The highest BCUT2D eigenvalue weighted by Gasteiger charge is 2.60. The van der Waals surface area contributed by atoms with Crippen molar-refractivity contribution in [3.8, 4) is 0 Å². The first-order valence-corrected chi connectivity index (χ1v) is 13.4. The number of Topliss-reactive ketones (excluding diaryl/α,β-unsaturated/α-hetero) is 2. The van der Waals surface area contributed by atoms with Crippen molar-refractivity contribution in [2.75, 3.05) is 0 Å². The Morgan fingerprint density at radius 1 is 1.11 bits per heavy atom. The van der Waals surface area contributed by atoms with Crippen molar-refractivity contribution in [2.24, 2.45) is 39.9 Å². The fraction of sp³-hybridized carbons (Fsp3) is 0.733. The SMILES string of the molecule is CC(=O)[C@H](CC[C@]1(C)C(=O)C=C2[C@H]1CC[C@H]1C(C)(C)C(=O)CC[C@]21C)[C@H](C)CCC=C(C)C(=O)O. The van der Waals surface area contributed by atoms with E-state index in [9.17, 15) is 19.2 Å². The Labute approximate surface area is 210 Å². The maximum absolute atomic E-state index is 13.5. The van der Waals surface area contributed by atoms with Crippen LogP contribution in [0.1, 0.15) is 99.8 Å². The van der Waals surface area contributed by atoms with Crippen LogP contribution in [0.25, 0.3) is 0 Å². The molecule has 3 aliphatic carbocycles. The van der Waals surface area contributed by atoms with Gasteiger partial charge in [0.1, 0.15) is 11.6 Å². The van der Waals surface area contributed by atoms with E-state index in [1.165, 1.54) is 5.57 Å². The molecular weight excluding hydrogens is 440 g/mol. The van der Waals surface area contributed by atoms with E-state index in [1.807, 2.05) is 6.08 Å². The van der Waals surface area contributed by atoms with Crippen LogP contribution >= 0.6 is 0 Å². The van der Waals surface area contributed by atoms with E-state index in [-0.39, 0.29) is 46.1 Å². The van der Waals surface area contributed by atoms with Gasteiger partial charge >= 0.3 is 5.97 Å². The molecule has 2 fully saturated rings. The quantitative estimate of drug-likeness (QED) is 0.385. The van der Waals surface area contributed by atoms with E-state index in [2.05, 4.69) is 34.6 Å². The Morgan fingerprint density at radius 3 is 2.37 bits per heavy atom. The van der Waals surface area contributed by atoms with Crippen molar-refractivity contribution in [3.05, 3.63) is 23.3 Å². The molecule has 0 aromatic heterocycles. The molecule has 2 saturated carbocycles. The summed E-state index contributed by atoms with van der Waals surface area (Å²) < 4.78 is 0. The largest absolute Gasteiger partial charge is 0.478 e. The van der Waals surface area contributed by atoms with Crippen molar-refractivity contribution in [3.63, 3.8) is 0 Å². The molecule has 0 unspecified atom stereocenters. The van der Waals surface area contributed by atoms with Gasteiger partial charge in [-0.2, -0.15) is 0 Å². The highest BCUT2D eigenvalue weighted by Crippen LogP contribution is 2.65. The van der Waals surface area contributed by atoms with Crippen LogP contribution in [0.3, 0.4) is 0 Å². The van der Waals surface area contributed by atoms with Gasteiger partial charge in [-0.15, -0.1) is 0 Å². The van der Waals surface area contributed by atoms with E-state index < -0.39 is 11.4 Å². The summed E-state index contributed by atoms with van der Waals surface area (Å²) in [5.41, 5.74) is 0.612. The summed E-state index contributed by atoms with van der Waals surface area (Å²) in [4.78, 5) is 49.8. The second-order valence-electron chi connectivity index (χ2n) is 12.6. The molecule has 0 aliphatic heterocycles. The number of fused-ring (bicyclic) bond motifs is 3. The minimum absolute atomic E-state index is 0.116. The summed E-state index contributed by atoms with van der Waals surface area (Å²) in [6, 6.07) is 0. The molecule has 0 radical (unpaired) electrons. The summed E-state index contributed by atoms with van der Waals surface area (Å²) in [5.74, 6) is 0.191. The van der Waals surface area contributed by atoms with Crippen molar-refractivity contribution in [1.82, 2.24) is 0 Å². The first-order valence-electron chi connectivity index (χ1n) is 13.4. The molecule has 0 bridgehead atoms. The average molecular weight is 485 g/mol. The van der Waals surface area contributed by atoms with E-state index in [0.29, 0.717) is 37.0 Å².